The Kier molecular flexibility index (Phi) is 16.8. The first-order chi connectivity index (χ1) is 39.4. The van der Waals surface area contributed by atoms with E-state index in [9.17, 15) is 19.2 Å². The maximum Gasteiger partial charge on any atom is 0.349 e. The molecular weight excluding hydrogens is 1030 g/mol. The number of hydrogen-bond acceptors (Lipinski definition) is 13. The summed E-state index contributed by atoms with van der Waals surface area (Å²) in [4.78, 5) is 90.6. The Morgan fingerprint density at radius 1 is 0.457 bits per heavy atom. The molecule has 8 aromatic rings. The second-order valence-corrected chi connectivity index (χ2v) is 20.1. The molecule has 2 unspecified atom stereocenters. The molecule has 0 bridgehead atoms. The van der Waals surface area contributed by atoms with Crippen molar-refractivity contribution in [3.05, 3.63) is 189 Å². The number of amides is 4. The number of nitrogens with zero attached hydrogens (tertiary/aromatic N) is 2. The zero-order valence-electron chi connectivity index (χ0n) is 45.4. The van der Waals surface area contributed by atoms with Crippen LogP contribution in [-0.2, 0) is 9.59 Å². The Balaban J connectivity index is 1.03. The lowest BCUT2D eigenvalue weighted by molar-refractivity contribution is -0.124. The van der Waals surface area contributed by atoms with E-state index in [0.717, 1.165) is 64.2 Å². The Morgan fingerprint density at radius 3 is 1.20 bits per heavy atom. The van der Waals surface area contributed by atoms with Crippen LogP contribution in [-0.4, -0.2) is 64.2 Å². The van der Waals surface area contributed by atoms with Gasteiger partial charge in [-0.05, 0) is 123 Å². The van der Waals surface area contributed by atoms with E-state index in [1.165, 1.54) is 50.4 Å². The van der Waals surface area contributed by atoms with E-state index >= 15 is 9.59 Å². The van der Waals surface area contributed by atoms with Crippen molar-refractivity contribution in [1.82, 2.24) is 10.6 Å². The number of para-hydroxylation sites is 2. The summed E-state index contributed by atoms with van der Waals surface area (Å²) in [6.07, 6.45) is 8.88. The van der Waals surface area contributed by atoms with Gasteiger partial charge in [0.2, 0.25) is 11.8 Å². The van der Waals surface area contributed by atoms with Crippen LogP contribution in [0.5, 0.6) is 34.5 Å². The van der Waals surface area contributed by atoms with Crippen LogP contribution in [0.3, 0.4) is 0 Å². The van der Waals surface area contributed by atoms with Crippen LogP contribution in [0.2, 0.25) is 0 Å². The number of rotatable bonds is 18. The van der Waals surface area contributed by atoms with Crippen LogP contribution in [0.25, 0.3) is 21.9 Å². The number of carbonyl (C=O) groups is 4. The molecule has 10 rings (SSSR count). The van der Waals surface area contributed by atoms with Gasteiger partial charge in [0.1, 0.15) is 68.9 Å². The lowest BCUT2D eigenvalue weighted by atomic mass is 9.94. The molecule has 2 fully saturated rings. The highest BCUT2D eigenvalue weighted by molar-refractivity contribution is 6.12. The van der Waals surface area contributed by atoms with Gasteiger partial charge in [-0.2, -0.15) is 0 Å². The van der Waals surface area contributed by atoms with Gasteiger partial charge in [0.05, 0.1) is 28.4 Å². The molecule has 416 valence electrons. The smallest absolute Gasteiger partial charge is 0.349 e. The molecule has 17 heteroatoms. The summed E-state index contributed by atoms with van der Waals surface area (Å²) in [5.41, 5.74) is -0.670. The average Bonchev–Trinajstić information content (AvgIpc) is 3.58. The van der Waals surface area contributed by atoms with E-state index in [0.29, 0.717) is 44.9 Å². The molecule has 2 aliphatic carbocycles. The fourth-order valence-corrected chi connectivity index (χ4v) is 10.9. The third kappa shape index (κ3) is 12.0. The molecule has 2 heterocycles. The molecule has 2 atom stereocenters. The van der Waals surface area contributed by atoms with Crippen LogP contribution in [0, 0.1) is 0 Å². The van der Waals surface area contributed by atoms with Gasteiger partial charge in [0.25, 0.3) is 11.8 Å². The van der Waals surface area contributed by atoms with Gasteiger partial charge in [0.15, 0.2) is 0 Å². The molecule has 2 saturated carbocycles. The predicted octanol–water partition coefficient (Wildman–Crippen LogP) is 11.4. The first kappa shape index (κ1) is 55.0. The molecular formula is C64H62N4O13. The highest BCUT2D eigenvalue weighted by Crippen LogP contribution is 2.41. The number of nitrogens with one attached hydrogen (secondary N) is 2. The van der Waals surface area contributed by atoms with Crippen LogP contribution in [0.4, 0.5) is 11.4 Å². The second-order valence-electron chi connectivity index (χ2n) is 20.1. The van der Waals surface area contributed by atoms with Crippen molar-refractivity contribution in [2.75, 3.05) is 38.2 Å². The van der Waals surface area contributed by atoms with E-state index in [1.807, 2.05) is 0 Å². The number of benzene rings is 6. The molecule has 2 aliphatic rings. The first-order valence-electron chi connectivity index (χ1n) is 27.1. The number of ether oxygens (including phenoxy) is 5. The zero-order chi connectivity index (χ0) is 56.6. The monoisotopic (exact) mass is 1090 g/mol. The molecule has 0 aliphatic heterocycles. The van der Waals surface area contributed by atoms with Gasteiger partial charge in [-0.1, -0.05) is 74.9 Å². The van der Waals surface area contributed by atoms with E-state index in [4.69, 9.17) is 32.5 Å². The molecule has 17 nitrogen and oxygen atoms in total. The van der Waals surface area contributed by atoms with Gasteiger partial charge in [-0.25, -0.2) is 9.59 Å². The summed E-state index contributed by atoms with van der Waals surface area (Å²) in [5.74, 6) is -0.520. The Labute approximate surface area is 467 Å². The number of methoxy groups -OCH3 is 4. The molecule has 2 aromatic heterocycles. The largest absolute Gasteiger partial charge is 0.497 e. The normalized spacial score (nSPS) is 14.5. The molecule has 0 spiro atoms. The van der Waals surface area contributed by atoms with Crippen molar-refractivity contribution >= 4 is 56.9 Å². The van der Waals surface area contributed by atoms with E-state index in [1.54, 1.807) is 133 Å². The molecule has 0 radical (unpaired) electrons. The van der Waals surface area contributed by atoms with Crippen molar-refractivity contribution in [1.29, 1.82) is 0 Å². The number of fused-ring (bicyclic) bond motifs is 2. The maximum absolute atomic E-state index is 15.3. The van der Waals surface area contributed by atoms with Crippen molar-refractivity contribution < 1.29 is 51.7 Å². The van der Waals surface area contributed by atoms with Crippen molar-refractivity contribution in [2.45, 2.75) is 88.4 Å². The lowest BCUT2D eigenvalue weighted by Gasteiger charge is -2.34. The quantitative estimate of drug-likeness (QED) is 0.0768. The summed E-state index contributed by atoms with van der Waals surface area (Å²) < 4.78 is 40.5. The SMILES string of the molecule is COc1ccc(C(C(=O)NC2CCCCC2)N(C(=O)c2cc3ccccc3oc2=O)c2ccc(Oc3ccc(N(C(=O)c4cc5ccccc5oc4=O)C(C(=O)NC4CCCCC4)c4ccc(OC)cc4OC)cc3)cc2)c(OC)c1. The van der Waals surface area contributed by atoms with Crippen molar-refractivity contribution in [3.63, 3.8) is 0 Å². The topological polar surface area (TPSA) is 205 Å². The molecule has 81 heavy (non-hydrogen) atoms. The third-order valence-corrected chi connectivity index (χ3v) is 15.0. The maximum atomic E-state index is 15.3. The minimum absolute atomic E-state index is 0.152. The molecule has 4 amide bonds. The Hall–Kier alpha value is -9.38. The van der Waals surface area contributed by atoms with Crippen LogP contribution in [0.1, 0.15) is 108 Å². The van der Waals surface area contributed by atoms with E-state index in [-0.39, 0.29) is 57.3 Å². The first-order valence-corrected chi connectivity index (χ1v) is 27.1. The second kappa shape index (κ2) is 24.7. The minimum Gasteiger partial charge on any atom is -0.497 e. The van der Waals surface area contributed by atoms with Crippen LogP contribution < -0.4 is 55.4 Å². The standard InChI is InChI=1S/C64H62N4O13/c1-75-47-31-33-49(55(37-47)77-3)57(59(69)65-41-17-7-5-8-18-41)67(61(71)51-35-39-15-11-13-21-53(39)80-63(51)73)43-23-27-45(28-24-43)79-46-29-25-44(26-30-46)68(62(72)52-36-40-16-12-14-22-54(40)81-64(52)74)58(60(70)66-42-19-9-6-10-20-42)50-34-32-48(76-2)38-56(50)78-4/h11-16,21-38,41-42,57-58H,5-10,17-20H2,1-4H3,(H,65,69)(H,66,70). The fraction of sp³-hybridized carbons (Fsp3) is 0.281. The van der Waals surface area contributed by atoms with Gasteiger partial charge in [-0.3, -0.25) is 29.0 Å². The Morgan fingerprint density at radius 2 is 0.827 bits per heavy atom. The van der Waals surface area contributed by atoms with Gasteiger partial charge < -0.3 is 43.2 Å². The zero-order valence-corrected chi connectivity index (χ0v) is 45.4. The summed E-state index contributed by atoms with van der Waals surface area (Å²) in [5, 5.41) is 7.43. The summed E-state index contributed by atoms with van der Waals surface area (Å²) in [6.45, 7) is 0. The molecule has 2 N–H and O–H groups in total. The highest BCUT2D eigenvalue weighted by atomic mass is 16.5. The predicted molar refractivity (Wildman–Crippen MR) is 306 cm³/mol. The minimum atomic E-state index is -1.37. The van der Waals surface area contributed by atoms with Gasteiger partial charge in [0, 0.05) is 57.5 Å². The third-order valence-electron chi connectivity index (χ3n) is 15.0. The van der Waals surface area contributed by atoms with Crippen LogP contribution >= 0.6 is 0 Å². The van der Waals surface area contributed by atoms with Gasteiger partial charge in [-0.15, -0.1) is 0 Å². The van der Waals surface area contributed by atoms with Gasteiger partial charge >= 0.3 is 11.3 Å². The number of hydrogen-bond donors (Lipinski definition) is 2. The Bertz CT molecular complexity index is 3470. The lowest BCUT2D eigenvalue weighted by Crippen LogP contribution is -2.48. The molecule has 0 saturated heterocycles. The highest BCUT2D eigenvalue weighted by Gasteiger charge is 2.40. The fourth-order valence-electron chi connectivity index (χ4n) is 10.9. The summed E-state index contributed by atoms with van der Waals surface area (Å²) in [6, 6.07) is 36.4. The van der Waals surface area contributed by atoms with Crippen LogP contribution in [0.15, 0.2) is 164 Å². The van der Waals surface area contributed by atoms with Crippen molar-refractivity contribution in [2.24, 2.45) is 0 Å². The summed E-state index contributed by atoms with van der Waals surface area (Å²) >= 11 is 0. The number of carbonyl (C=O) groups excluding carboxylic acids is 4. The molecule has 6 aromatic carbocycles. The number of anilines is 2. The van der Waals surface area contributed by atoms with Crippen molar-refractivity contribution in [3.8, 4) is 34.5 Å². The van der Waals surface area contributed by atoms with E-state index in [2.05, 4.69) is 10.6 Å². The average molecular weight is 1100 g/mol. The van der Waals surface area contributed by atoms with E-state index < -0.39 is 47.0 Å². The summed E-state index contributed by atoms with van der Waals surface area (Å²) in [7, 11) is 5.94.